The van der Waals surface area contributed by atoms with E-state index in [1.807, 2.05) is 0 Å². The van der Waals surface area contributed by atoms with Gasteiger partial charge in [0.05, 0.1) is 12.7 Å². The Morgan fingerprint density at radius 2 is 1.58 bits per heavy atom. The van der Waals surface area contributed by atoms with Gasteiger partial charge in [-0.05, 0) is 150 Å². The summed E-state index contributed by atoms with van der Waals surface area (Å²) in [4.78, 5) is 19.2. The van der Waals surface area contributed by atoms with Crippen LogP contribution in [0.3, 0.4) is 0 Å². The van der Waals surface area contributed by atoms with Crippen LogP contribution in [0.2, 0.25) is 0 Å². The molecule has 2 amide bonds. The van der Waals surface area contributed by atoms with Gasteiger partial charge >= 0.3 is 6.03 Å². The van der Waals surface area contributed by atoms with E-state index < -0.39 is 5.79 Å². The Hall–Kier alpha value is -1.11. The molecule has 6 nitrogen and oxygen atoms in total. The summed E-state index contributed by atoms with van der Waals surface area (Å²) < 4.78 is 13.1. The van der Waals surface area contributed by atoms with Crippen LogP contribution in [0.5, 0.6) is 0 Å². The van der Waals surface area contributed by atoms with E-state index in [0.717, 1.165) is 51.8 Å². The van der Waals surface area contributed by atoms with E-state index in [1.54, 1.807) is 5.57 Å². The van der Waals surface area contributed by atoms with E-state index in [0.29, 0.717) is 35.3 Å². The van der Waals surface area contributed by atoms with Gasteiger partial charge in [-0.15, -0.1) is 0 Å². The molecule has 7 fully saturated rings. The Labute approximate surface area is 292 Å². The molecule has 4 saturated carbocycles. The van der Waals surface area contributed by atoms with Crippen molar-refractivity contribution in [3.05, 3.63) is 11.6 Å². The molecule has 3 saturated heterocycles. The molecular formula is C42H69N3O3. The van der Waals surface area contributed by atoms with E-state index >= 15 is 0 Å². The second kappa shape index (κ2) is 11.2. The fourth-order valence-electron chi connectivity index (χ4n) is 14.2. The number of carbonyl (C=O) groups is 1. The second-order valence-corrected chi connectivity index (χ2v) is 20.6. The average Bonchev–Trinajstić information content (AvgIpc) is 3.71. The smallest absolute Gasteiger partial charge is 0.318 e. The minimum atomic E-state index is -0.474. The normalized spacial score (nSPS) is 49.5. The van der Waals surface area contributed by atoms with Gasteiger partial charge < -0.3 is 24.6 Å². The maximum Gasteiger partial charge on any atom is 0.318 e. The molecule has 8 rings (SSSR count). The number of allylic oxidation sites excluding steroid dienone is 1. The summed E-state index contributed by atoms with van der Waals surface area (Å²) in [5, 5.41) is 3.90. The molecule has 10 atom stereocenters. The van der Waals surface area contributed by atoms with Gasteiger partial charge in [0.2, 0.25) is 0 Å². The van der Waals surface area contributed by atoms with E-state index in [4.69, 9.17) is 9.47 Å². The molecule has 0 bridgehead atoms. The Morgan fingerprint density at radius 1 is 0.833 bits per heavy atom. The average molecular weight is 664 g/mol. The molecule has 0 aromatic rings. The highest BCUT2D eigenvalue weighted by Crippen LogP contribution is 2.75. The number of hydrogen-bond donors (Lipinski definition) is 1. The van der Waals surface area contributed by atoms with E-state index in [1.165, 1.54) is 70.9 Å². The Balaban J connectivity index is 1.09. The first-order valence-corrected chi connectivity index (χ1v) is 20.4. The Kier molecular flexibility index (Phi) is 7.93. The van der Waals surface area contributed by atoms with Gasteiger partial charge in [0.15, 0.2) is 5.79 Å². The van der Waals surface area contributed by atoms with Crippen LogP contribution in [0.4, 0.5) is 4.79 Å². The first-order valence-electron chi connectivity index (χ1n) is 20.4. The molecule has 270 valence electrons. The lowest BCUT2D eigenvalue weighted by Gasteiger charge is -2.72. The third-order valence-corrected chi connectivity index (χ3v) is 17.2. The highest BCUT2D eigenvalue weighted by atomic mass is 16.7. The lowest BCUT2D eigenvalue weighted by atomic mass is 9.34. The van der Waals surface area contributed by atoms with Crippen molar-refractivity contribution in [2.45, 2.75) is 169 Å². The molecule has 0 spiro atoms. The SMILES string of the molecule is CC1(C)CC[C@]2(NC(=O)N3CCC[C@H]3CN3CCCC3)CC[C@]3(C)C(=CC[C@@H]4[C@@]5(C)CC[C@@H]6OC(C)(C)OC[C@@]6(C)[C@@H]5CC[C@]43C)[C@@H]2C1. The van der Waals surface area contributed by atoms with Crippen LogP contribution in [0, 0.1) is 44.8 Å². The van der Waals surface area contributed by atoms with Gasteiger partial charge in [0.25, 0.3) is 0 Å². The molecule has 5 aliphatic carbocycles. The van der Waals surface area contributed by atoms with Crippen LogP contribution in [0.1, 0.15) is 145 Å². The van der Waals surface area contributed by atoms with Gasteiger partial charge in [-0.3, -0.25) is 0 Å². The number of nitrogens with one attached hydrogen (secondary N) is 1. The molecule has 0 unspecified atom stereocenters. The predicted octanol–water partition coefficient (Wildman–Crippen LogP) is 8.94. The second-order valence-electron chi connectivity index (χ2n) is 20.6. The van der Waals surface area contributed by atoms with Crippen molar-refractivity contribution < 1.29 is 14.3 Å². The molecule has 3 heterocycles. The van der Waals surface area contributed by atoms with Crippen molar-refractivity contribution in [3.8, 4) is 0 Å². The van der Waals surface area contributed by atoms with Crippen molar-refractivity contribution in [2.24, 2.45) is 44.8 Å². The van der Waals surface area contributed by atoms with Crippen molar-refractivity contribution in [1.82, 2.24) is 15.1 Å². The van der Waals surface area contributed by atoms with Crippen molar-refractivity contribution in [2.75, 3.05) is 32.8 Å². The molecule has 0 radical (unpaired) electrons. The third kappa shape index (κ3) is 4.97. The van der Waals surface area contributed by atoms with Gasteiger partial charge in [-0.2, -0.15) is 0 Å². The van der Waals surface area contributed by atoms with E-state index in [2.05, 4.69) is 76.6 Å². The number of likely N-dealkylation sites (tertiary alicyclic amines) is 2. The topological polar surface area (TPSA) is 54.0 Å². The van der Waals surface area contributed by atoms with Crippen molar-refractivity contribution in [3.63, 3.8) is 0 Å². The largest absolute Gasteiger partial charge is 0.350 e. The molecule has 0 aromatic heterocycles. The zero-order valence-electron chi connectivity index (χ0n) is 32.0. The quantitative estimate of drug-likeness (QED) is 0.307. The van der Waals surface area contributed by atoms with Crippen molar-refractivity contribution >= 4 is 6.03 Å². The zero-order chi connectivity index (χ0) is 34.0. The van der Waals surface area contributed by atoms with E-state index in [9.17, 15) is 4.79 Å². The highest BCUT2D eigenvalue weighted by molar-refractivity contribution is 5.76. The van der Waals surface area contributed by atoms with Crippen LogP contribution in [-0.4, -0.2) is 72.1 Å². The molecule has 3 aliphatic heterocycles. The number of ether oxygens (including phenoxy) is 2. The third-order valence-electron chi connectivity index (χ3n) is 17.2. The van der Waals surface area contributed by atoms with Gasteiger partial charge in [-0.1, -0.05) is 53.2 Å². The number of nitrogens with zero attached hydrogens (tertiary/aromatic N) is 2. The van der Waals surface area contributed by atoms with Crippen LogP contribution in [-0.2, 0) is 9.47 Å². The molecule has 6 heteroatoms. The zero-order valence-corrected chi connectivity index (χ0v) is 32.0. The number of urea groups is 1. The fourth-order valence-corrected chi connectivity index (χ4v) is 14.2. The lowest BCUT2D eigenvalue weighted by Crippen LogP contribution is -2.69. The fraction of sp³-hybridized carbons (Fsp3) is 0.929. The summed E-state index contributed by atoms with van der Waals surface area (Å²) in [5.74, 6) is 1.25. The molecule has 0 aromatic carbocycles. The summed E-state index contributed by atoms with van der Waals surface area (Å²) in [5.41, 5.74) is 2.70. The summed E-state index contributed by atoms with van der Waals surface area (Å²) in [6.07, 6.45) is 20.0. The van der Waals surface area contributed by atoms with Crippen molar-refractivity contribution in [1.29, 1.82) is 0 Å². The number of rotatable bonds is 3. The van der Waals surface area contributed by atoms with Gasteiger partial charge in [-0.25, -0.2) is 4.79 Å². The summed E-state index contributed by atoms with van der Waals surface area (Å²) in [6.45, 7) is 25.0. The minimum Gasteiger partial charge on any atom is -0.350 e. The molecular weight excluding hydrogens is 594 g/mol. The Morgan fingerprint density at radius 3 is 2.35 bits per heavy atom. The number of fused-ring (bicyclic) bond motifs is 9. The maximum absolute atomic E-state index is 14.4. The summed E-state index contributed by atoms with van der Waals surface area (Å²) >= 11 is 0. The summed E-state index contributed by atoms with van der Waals surface area (Å²) in [7, 11) is 0. The predicted molar refractivity (Wildman–Crippen MR) is 193 cm³/mol. The first-order chi connectivity index (χ1) is 22.5. The van der Waals surface area contributed by atoms with Crippen LogP contribution in [0.15, 0.2) is 11.6 Å². The molecule has 8 aliphatic rings. The maximum atomic E-state index is 14.4. The number of carbonyl (C=O) groups excluding carboxylic acids is 1. The number of amides is 2. The minimum absolute atomic E-state index is 0.0797. The van der Waals surface area contributed by atoms with Crippen LogP contribution >= 0.6 is 0 Å². The van der Waals surface area contributed by atoms with E-state index in [-0.39, 0.29) is 33.2 Å². The van der Waals surface area contributed by atoms with Gasteiger partial charge in [0.1, 0.15) is 0 Å². The Bertz CT molecular complexity index is 1320. The highest BCUT2D eigenvalue weighted by Gasteiger charge is 2.70. The number of hydrogen-bond acceptors (Lipinski definition) is 4. The molecule has 1 N–H and O–H groups in total. The monoisotopic (exact) mass is 664 g/mol. The standard InChI is InChI=1S/C42H69N3O3/c1-36(2)19-21-42(43-35(46)45-25-11-12-29(45)27-44-23-9-10-24-44)22-20-40(7)30(31(42)26-36)13-14-33-38(5)17-16-34-39(6,28-47-37(3,4)48-34)32(38)15-18-41(33,40)8/h13,29,31-34H,9-12,14-28H2,1-8H3,(H,43,46)/t29-,31-,32+,33+,34-,38-,39-,40+,41+,42-/m0/s1. The lowest BCUT2D eigenvalue weighted by molar-refractivity contribution is -0.351. The molecule has 48 heavy (non-hydrogen) atoms. The first kappa shape index (κ1) is 34.0. The summed E-state index contributed by atoms with van der Waals surface area (Å²) in [6, 6.07) is 0.614. The van der Waals surface area contributed by atoms with Crippen LogP contribution < -0.4 is 5.32 Å². The van der Waals surface area contributed by atoms with Gasteiger partial charge in [0, 0.05) is 36.0 Å². The van der Waals surface area contributed by atoms with Crippen LogP contribution in [0.25, 0.3) is 0 Å².